The molecule has 0 saturated carbocycles. The van der Waals surface area contributed by atoms with Crippen molar-refractivity contribution < 1.29 is 15.0 Å². The predicted octanol–water partition coefficient (Wildman–Crippen LogP) is 0.857. The van der Waals surface area contributed by atoms with Gasteiger partial charge in [0.25, 0.3) is 0 Å². The minimum Gasteiger partial charge on any atom is -0.504 e. The van der Waals surface area contributed by atoms with Crippen molar-refractivity contribution in [2.45, 2.75) is 0 Å². The topological polar surface area (TPSA) is 69.6 Å². The number of amides is 1. The Morgan fingerprint density at radius 2 is 2.07 bits per heavy atom. The summed E-state index contributed by atoms with van der Waals surface area (Å²) in [6, 6.07) is 4.32. The van der Waals surface area contributed by atoms with E-state index in [4.69, 9.17) is 10.2 Å². The van der Waals surface area contributed by atoms with Crippen molar-refractivity contribution in [3.05, 3.63) is 29.8 Å². The maximum absolute atomic E-state index is 10.8. The van der Waals surface area contributed by atoms with Gasteiger partial charge in [-0.2, -0.15) is 0 Å². The Hall–Kier alpha value is -1.97. The molecule has 74 valence electrons. The van der Waals surface area contributed by atoms with Crippen LogP contribution >= 0.6 is 0 Å². The fourth-order valence-electron chi connectivity index (χ4n) is 0.899. The van der Waals surface area contributed by atoms with Crippen LogP contribution in [0.4, 0.5) is 0 Å². The van der Waals surface area contributed by atoms with E-state index >= 15 is 0 Å². The summed E-state index contributed by atoms with van der Waals surface area (Å²) in [6.45, 7) is 0. The maximum atomic E-state index is 10.8. The molecule has 0 radical (unpaired) electrons. The lowest BCUT2D eigenvalue weighted by atomic mass is 10.2. The lowest BCUT2D eigenvalue weighted by molar-refractivity contribution is -0.115. The Labute approximate surface area is 81.5 Å². The molecule has 0 unspecified atom stereocenters. The molecule has 0 fully saturated rings. The summed E-state index contributed by atoms with van der Waals surface area (Å²) in [7, 11) is 1.53. The van der Waals surface area contributed by atoms with Gasteiger partial charge in [0.15, 0.2) is 11.5 Å². The van der Waals surface area contributed by atoms with Crippen molar-refractivity contribution in [2.75, 3.05) is 7.05 Å². The largest absolute Gasteiger partial charge is 0.504 e. The van der Waals surface area contributed by atoms with Gasteiger partial charge in [-0.15, -0.1) is 0 Å². The fraction of sp³-hybridized carbons (Fsp3) is 0.100. The first-order valence-corrected chi connectivity index (χ1v) is 4.05. The second kappa shape index (κ2) is 4.32. The number of benzene rings is 1. The fourth-order valence-corrected chi connectivity index (χ4v) is 0.899. The van der Waals surface area contributed by atoms with Gasteiger partial charge in [-0.1, -0.05) is 6.07 Å². The molecule has 14 heavy (non-hydrogen) atoms. The van der Waals surface area contributed by atoms with Gasteiger partial charge in [-0.05, 0) is 23.8 Å². The molecular weight excluding hydrogens is 182 g/mol. The first-order valence-electron chi connectivity index (χ1n) is 4.05. The maximum Gasteiger partial charge on any atom is 0.243 e. The van der Waals surface area contributed by atoms with Gasteiger partial charge < -0.3 is 15.5 Å². The van der Waals surface area contributed by atoms with Crippen LogP contribution in [0.15, 0.2) is 24.3 Å². The summed E-state index contributed by atoms with van der Waals surface area (Å²) < 4.78 is 0. The number of hydrogen-bond acceptors (Lipinski definition) is 3. The first kappa shape index (κ1) is 10.1. The zero-order valence-corrected chi connectivity index (χ0v) is 7.69. The van der Waals surface area contributed by atoms with E-state index in [0.29, 0.717) is 5.56 Å². The van der Waals surface area contributed by atoms with Gasteiger partial charge in [0, 0.05) is 13.1 Å². The number of rotatable bonds is 2. The lowest BCUT2D eigenvalue weighted by Gasteiger charge is -1.98. The molecule has 1 aromatic rings. The highest BCUT2D eigenvalue weighted by molar-refractivity contribution is 5.91. The summed E-state index contributed by atoms with van der Waals surface area (Å²) in [5.74, 6) is -0.608. The molecule has 0 aliphatic carbocycles. The third-order valence-corrected chi connectivity index (χ3v) is 1.67. The molecule has 0 bridgehead atoms. The van der Waals surface area contributed by atoms with E-state index in [1.54, 1.807) is 6.07 Å². The van der Waals surface area contributed by atoms with E-state index in [2.05, 4.69) is 5.32 Å². The van der Waals surface area contributed by atoms with Crippen LogP contribution in [0.25, 0.3) is 6.08 Å². The molecule has 1 amide bonds. The molecule has 0 saturated heterocycles. The standard InChI is InChI=1S/C10H11NO3/c1-11-10(14)5-3-7-2-4-8(12)9(13)6-7/h2-6,12-13H,1H3,(H,11,14)/b5-3+. The predicted molar refractivity (Wildman–Crippen MR) is 52.9 cm³/mol. The van der Waals surface area contributed by atoms with Gasteiger partial charge in [-0.3, -0.25) is 4.79 Å². The van der Waals surface area contributed by atoms with Gasteiger partial charge in [0.05, 0.1) is 0 Å². The Bertz CT molecular complexity index is 372. The highest BCUT2D eigenvalue weighted by atomic mass is 16.3. The van der Waals surface area contributed by atoms with Crippen molar-refractivity contribution in [1.82, 2.24) is 5.32 Å². The molecule has 0 atom stereocenters. The highest BCUT2D eigenvalue weighted by Gasteiger charge is 1.98. The third kappa shape index (κ3) is 2.52. The van der Waals surface area contributed by atoms with E-state index in [-0.39, 0.29) is 17.4 Å². The van der Waals surface area contributed by atoms with Crippen LogP contribution in [-0.4, -0.2) is 23.2 Å². The Balaban J connectivity index is 2.83. The number of carbonyl (C=O) groups excluding carboxylic acids is 1. The van der Waals surface area contributed by atoms with Crippen LogP contribution in [0, 0.1) is 0 Å². The van der Waals surface area contributed by atoms with Crippen LogP contribution in [0.3, 0.4) is 0 Å². The molecule has 1 aromatic carbocycles. The molecule has 0 aromatic heterocycles. The average Bonchev–Trinajstić information content (AvgIpc) is 2.19. The number of carbonyl (C=O) groups is 1. The summed E-state index contributed by atoms with van der Waals surface area (Å²) in [5, 5.41) is 20.6. The first-order chi connectivity index (χ1) is 6.63. The number of likely N-dealkylation sites (N-methyl/N-ethyl adjacent to an activating group) is 1. The van der Waals surface area contributed by atoms with Crippen molar-refractivity contribution >= 4 is 12.0 Å². The normalized spacial score (nSPS) is 10.4. The molecule has 0 spiro atoms. The monoisotopic (exact) mass is 193 g/mol. The Morgan fingerprint density at radius 3 is 2.64 bits per heavy atom. The van der Waals surface area contributed by atoms with Crippen molar-refractivity contribution in [3.8, 4) is 11.5 Å². The minimum absolute atomic E-state index is 0.179. The minimum atomic E-state index is -0.224. The number of aromatic hydroxyl groups is 2. The summed E-state index contributed by atoms with van der Waals surface area (Å²) >= 11 is 0. The van der Waals surface area contributed by atoms with E-state index in [1.165, 1.54) is 31.3 Å². The zero-order valence-electron chi connectivity index (χ0n) is 7.69. The van der Waals surface area contributed by atoms with Crippen LogP contribution in [0.2, 0.25) is 0 Å². The van der Waals surface area contributed by atoms with E-state index in [1.807, 2.05) is 0 Å². The average molecular weight is 193 g/mol. The summed E-state index contributed by atoms with van der Waals surface area (Å²) in [5.41, 5.74) is 0.643. The molecule has 4 nitrogen and oxygen atoms in total. The van der Waals surface area contributed by atoms with Crippen molar-refractivity contribution in [2.24, 2.45) is 0 Å². The number of phenols is 2. The number of hydrogen-bond donors (Lipinski definition) is 3. The molecular formula is C10H11NO3. The second-order valence-corrected chi connectivity index (χ2v) is 2.70. The number of nitrogens with one attached hydrogen (secondary N) is 1. The third-order valence-electron chi connectivity index (χ3n) is 1.67. The Kier molecular flexibility index (Phi) is 3.12. The van der Waals surface area contributed by atoms with Crippen LogP contribution in [-0.2, 0) is 4.79 Å². The lowest BCUT2D eigenvalue weighted by Crippen LogP contribution is -2.13. The van der Waals surface area contributed by atoms with E-state index in [0.717, 1.165) is 0 Å². The number of phenolic OH excluding ortho intramolecular Hbond substituents is 2. The Morgan fingerprint density at radius 1 is 1.36 bits per heavy atom. The van der Waals surface area contributed by atoms with Gasteiger partial charge in [0.1, 0.15) is 0 Å². The van der Waals surface area contributed by atoms with Crippen LogP contribution in [0.1, 0.15) is 5.56 Å². The van der Waals surface area contributed by atoms with Crippen LogP contribution in [0.5, 0.6) is 11.5 Å². The SMILES string of the molecule is CNC(=O)/C=C/c1ccc(O)c(O)c1. The molecule has 4 heteroatoms. The second-order valence-electron chi connectivity index (χ2n) is 2.70. The van der Waals surface area contributed by atoms with Crippen molar-refractivity contribution in [3.63, 3.8) is 0 Å². The summed E-state index contributed by atoms with van der Waals surface area (Å²) in [6.07, 6.45) is 2.88. The quantitative estimate of drug-likeness (QED) is 0.482. The molecule has 0 aliphatic heterocycles. The summed E-state index contributed by atoms with van der Waals surface area (Å²) in [4.78, 5) is 10.8. The van der Waals surface area contributed by atoms with Gasteiger partial charge in [0.2, 0.25) is 5.91 Å². The van der Waals surface area contributed by atoms with E-state index in [9.17, 15) is 4.79 Å². The molecule has 0 heterocycles. The van der Waals surface area contributed by atoms with Crippen LogP contribution < -0.4 is 5.32 Å². The molecule has 0 aliphatic rings. The van der Waals surface area contributed by atoms with Crippen molar-refractivity contribution in [1.29, 1.82) is 0 Å². The zero-order chi connectivity index (χ0) is 10.6. The highest BCUT2D eigenvalue weighted by Crippen LogP contribution is 2.25. The smallest absolute Gasteiger partial charge is 0.243 e. The molecule has 1 rings (SSSR count). The van der Waals surface area contributed by atoms with Gasteiger partial charge >= 0.3 is 0 Å². The molecule has 3 N–H and O–H groups in total. The van der Waals surface area contributed by atoms with E-state index < -0.39 is 0 Å². The van der Waals surface area contributed by atoms with Gasteiger partial charge in [-0.25, -0.2) is 0 Å².